The number of fused-ring (bicyclic) bond motifs is 3. The number of piperidine rings is 1. The van der Waals surface area contributed by atoms with Gasteiger partial charge in [0, 0.05) is 36.8 Å². The quantitative estimate of drug-likeness (QED) is 0.660. The Morgan fingerprint density at radius 3 is 2.61 bits per heavy atom. The third kappa shape index (κ3) is 4.10. The summed E-state index contributed by atoms with van der Waals surface area (Å²) in [5, 5.41) is 3.71. The van der Waals surface area contributed by atoms with Crippen LogP contribution in [0.4, 0.5) is 10.5 Å². The van der Waals surface area contributed by atoms with Crippen molar-refractivity contribution in [2.45, 2.75) is 37.8 Å². The summed E-state index contributed by atoms with van der Waals surface area (Å²) in [5.41, 5.74) is 3.88. The number of hydrogen-bond acceptors (Lipinski definition) is 4. The van der Waals surface area contributed by atoms with E-state index in [1.165, 1.54) is 12.0 Å². The second kappa shape index (κ2) is 9.30. The van der Waals surface area contributed by atoms with Crippen molar-refractivity contribution in [2.24, 2.45) is 5.92 Å². The van der Waals surface area contributed by atoms with Gasteiger partial charge in [-0.2, -0.15) is 0 Å². The molecule has 2 saturated heterocycles. The van der Waals surface area contributed by atoms with Gasteiger partial charge >= 0.3 is 6.09 Å². The molecular weight excluding hydrogens is 414 g/mol. The van der Waals surface area contributed by atoms with Crippen LogP contribution < -0.4 is 5.32 Å². The Morgan fingerprint density at radius 1 is 1.06 bits per heavy atom. The van der Waals surface area contributed by atoms with Crippen LogP contribution in [0.25, 0.3) is 0 Å². The Morgan fingerprint density at radius 2 is 1.85 bits per heavy atom. The smallest absolute Gasteiger partial charge is 0.410 e. The van der Waals surface area contributed by atoms with Crippen molar-refractivity contribution in [3.8, 4) is 0 Å². The molecule has 172 valence electrons. The number of nitrogens with zero attached hydrogens (tertiary/aromatic N) is 2. The van der Waals surface area contributed by atoms with E-state index < -0.39 is 0 Å². The van der Waals surface area contributed by atoms with E-state index in [1.807, 2.05) is 46.2 Å². The summed E-state index contributed by atoms with van der Waals surface area (Å²) >= 11 is 0. The SMILES string of the molecule is C=CCOC(=O)N1CCC2C(c3ccccc3)Nc3ccc(C(=O)N4CCCCC4)cc3C21. The van der Waals surface area contributed by atoms with Gasteiger partial charge in [-0.15, -0.1) is 0 Å². The first-order valence-corrected chi connectivity index (χ1v) is 12.0. The summed E-state index contributed by atoms with van der Waals surface area (Å²) in [4.78, 5) is 29.9. The summed E-state index contributed by atoms with van der Waals surface area (Å²) in [7, 11) is 0. The topological polar surface area (TPSA) is 61.9 Å². The molecule has 0 aromatic heterocycles. The minimum atomic E-state index is -0.324. The van der Waals surface area contributed by atoms with E-state index in [-0.39, 0.29) is 36.6 Å². The fourth-order valence-electron chi connectivity index (χ4n) is 5.60. The Labute approximate surface area is 195 Å². The molecule has 2 amide bonds. The zero-order chi connectivity index (χ0) is 22.8. The van der Waals surface area contributed by atoms with Crippen LogP contribution in [0, 0.1) is 5.92 Å². The van der Waals surface area contributed by atoms with E-state index in [2.05, 4.69) is 24.0 Å². The molecular formula is C27H31N3O3. The van der Waals surface area contributed by atoms with Gasteiger partial charge in [0.1, 0.15) is 6.61 Å². The Kier molecular flexibility index (Phi) is 6.07. The van der Waals surface area contributed by atoms with Crippen molar-refractivity contribution >= 4 is 17.7 Å². The largest absolute Gasteiger partial charge is 0.445 e. The van der Waals surface area contributed by atoms with Crippen molar-refractivity contribution < 1.29 is 14.3 Å². The number of carbonyl (C=O) groups is 2. The van der Waals surface area contributed by atoms with E-state index in [0.29, 0.717) is 12.1 Å². The number of hydrogen-bond donors (Lipinski definition) is 1. The zero-order valence-corrected chi connectivity index (χ0v) is 18.9. The molecule has 0 aliphatic carbocycles. The second-order valence-corrected chi connectivity index (χ2v) is 9.14. The Bertz CT molecular complexity index is 1030. The molecule has 0 spiro atoms. The highest BCUT2D eigenvalue weighted by Crippen LogP contribution is 2.51. The predicted octanol–water partition coefficient (Wildman–Crippen LogP) is 5.17. The monoisotopic (exact) mass is 445 g/mol. The highest BCUT2D eigenvalue weighted by molar-refractivity contribution is 5.95. The maximum absolute atomic E-state index is 13.2. The number of ether oxygens (including phenoxy) is 1. The zero-order valence-electron chi connectivity index (χ0n) is 18.9. The van der Waals surface area contributed by atoms with Gasteiger partial charge in [-0.1, -0.05) is 43.0 Å². The van der Waals surface area contributed by atoms with Crippen LogP contribution in [0.2, 0.25) is 0 Å². The average molecular weight is 446 g/mol. The fourth-order valence-corrected chi connectivity index (χ4v) is 5.60. The molecule has 6 nitrogen and oxygen atoms in total. The number of nitrogens with one attached hydrogen (secondary N) is 1. The maximum Gasteiger partial charge on any atom is 0.410 e. The molecule has 2 aromatic carbocycles. The number of likely N-dealkylation sites (tertiary alicyclic amines) is 2. The van der Waals surface area contributed by atoms with E-state index >= 15 is 0 Å². The van der Waals surface area contributed by atoms with Crippen LogP contribution in [0.5, 0.6) is 0 Å². The van der Waals surface area contributed by atoms with Crippen LogP contribution in [0.3, 0.4) is 0 Å². The van der Waals surface area contributed by atoms with Gasteiger partial charge in [0.15, 0.2) is 0 Å². The van der Waals surface area contributed by atoms with Gasteiger partial charge in [-0.3, -0.25) is 4.79 Å². The summed E-state index contributed by atoms with van der Waals surface area (Å²) in [6, 6.07) is 16.2. The minimum absolute atomic E-state index is 0.0815. The summed E-state index contributed by atoms with van der Waals surface area (Å²) in [6.45, 7) is 6.10. The molecule has 3 aliphatic rings. The van der Waals surface area contributed by atoms with Crippen LogP contribution in [0.1, 0.15) is 59.3 Å². The second-order valence-electron chi connectivity index (χ2n) is 9.14. The van der Waals surface area contributed by atoms with E-state index in [9.17, 15) is 9.59 Å². The predicted molar refractivity (Wildman–Crippen MR) is 128 cm³/mol. The van der Waals surface area contributed by atoms with Gasteiger partial charge in [0.25, 0.3) is 5.91 Å². The van der Waals surface area contributed by atoms with E-state index in [0.717, 1.165) is 43.6 Å². The minimum Gasteiger partial charge on any atom is -0.445 e. The number of benzene rings is 2. The van der Waals surface area contributed by atoms with Gasteiger partial charge in [-0.25, -0.2) is 4.79 Å². The lowest BCUT2D eigenvalue weighted by Gasteiger charge is -2.40. The van der Waals surface area contributed by atoms with Crippen molar-refractivity contribution in [2.75, 3.05) is 31.6 Å². The highest BCUT2D eigenvalue weighted by Gasteiger charge is 2.47. The maximum atomic E-state index is 13.2. The lowest BCUT2D eigenvalue weighted by atomic mass is 9.79. The molecule has 3 heterocycles. The number of anilines is 1. The summed E-state index contributed by atoms with van der Waals surface area (Å²) in [6.07, 6.45) is 5.43. The van der Waals surface area contributed by atoms with E-state index in [4.69, 9.17) is 4.74 Å². The van der Waals surface area contributed by atoms with Crippen LogP contribution in [-0.4, -0.2) is 48.0 Å². The molecule has 0 saturated carbocycles. The van der Waals surface area contributed by atoms with Crippen molar-refractivity contribution in [1.29, 1.82) is 0 Å². The highest BCUT2D eigenvalue weighted by atomic mass is 16.6. The number of carbonyl (C=O) groups excluding carboxylic acids is 2. The molecule has 0 bridgehead atoms. The van der Waals surface area contributed by atoms with Crippen LogP contribution >= 0.6 is 0 Å². The molecule has 3 atom stereocenters. The molecule has 1 N–H and O–H groups in total. The molecule has 5 rings (SSSR count). The first-order valence-electron chi connectivity index (χ1n) is 12.0. The lowest BCUT2D eigenvalue weighted by molar-refractivity contribution is 0.0724. The first kappa shape index (κ1) is 21.6. The molecule has 2 fully saturated rings. The Balaban J connectivity index is 1.51. The average Bonchev–Trinajstić information content (AvgIpc) is 3.33. The molecule has 2 aromatic rings. The van der Waals surface area contributed by atoms with Crippen molar-refractivity contribution in [3.05, 3.63) is 77.9 Å². The van der Waals surface area contributed by atoms with Crippen LogP contribution in [-0.2, 0) is 4.74 Å². The van der Waals surface area contributed by atoms with Gasteiger partial charge in [0.05, 0.1) is 12.1 Å². The summed E-state index contributed by atoms with van der Waals surface area (Å²) in [5.74, 6) is 0.273. The number of amides is 2. The molecule has 3 unspecified atom stereocenters. The van der Waals surface area contributed by atoms with Crippen molar-refractivity contribution in [3.63, 3.8) is 0 Å². The third-order valence-corrected chi connectivity index (χ3v) is 7.16. The normalized spacial score (nSPS) is 23.8. The van der Waals surface area contributed by atoms with Gasteiger partial charge in [-0.05, 0) is 55.0 Å². The Hall–Kier alpha value is -3.28. The molecule has 33 heavy (non-hydrogen) atoms. The molecule has 0 radical (unpaired) electrons. The first-order chi connectivity index (χ1) is 16.2. The van der Waals surface area contributed by atoms with Crippen molar-refractivity contribution in [1.82, 2.24) is 9.80 Å². The molecule has 3 aliphatic heterocycles. The third-order valence-electron chi connectivity index (χ3n) is 7.16. The standard InChI is InChI=1S/C27H31N3O3/c1-2-17-33-27(32)30-16-13-21-24(19-9-5-3-6-10-19)28-23-12-11-20(18-22(23)25(21)30)26(31)29-14-7-4-8-15-29/h2-3,5-6,9-12,18,21,24-25,28H,1,4,7-8,13-17H2. The van der Waals surface area contributed by atoms with Gasteiger partial charge < -0.3 is 19.9 Å². The van der Waals surface area contributed by atoms with Crippen LogP contribution in [0.15, 0.2) is 61.2 Å². The summed E-state index contributed by atoms with van der Waals surface area (Å²) < 4.78 is 5.43. The van der Waals surface area contributed by atoms with E-state index in [1.54, 1.807) is 6.08 Å². The lowest BCUT2D eigenvalue weighted by Crippen LogP contribution is -2.38. The number of rotatable bonds is 4. The fraction of sp³-hybridized carbons (Fsp3) is 0.407. The van der Waals surface area contributed by atoms with Gasteiger partial charge in [0.2, 0.25) is 0 Å². The molecule has 6 heteroatoms.